The molecule has 2 amide bonds. The van der Waals surface area contributed by atoms with Gasteiger partial charge in [0.15, 0.2) is 0 Å². The van der Waals surface area contributed by atoms with Crippen molar-refractivity contribution in [2.24, 2.45) is 0 Å². The van der Waals surface area contributed by atoms with Crippen LogP contribution in [-0.4, -0.2) is 18.4 Å². The number of nitrogens with one attached hydrogen (secondary N) is 2. The minimum atomic E-state index is -0.319. The van der Waals surface area contributed by atoms with Gasteiger partial charge in [-0.2, -0.15) is 0 Å². The predicted molar refractivity (Wildman–Crippen MR) is 86.0 cm³/mol. The van der Waals surface area contributed by atoms with Gasteiger partial charge in [0.25, 0.3) is 0 Å². The normalized spacial score (nSPS) is 10.1. The lowest BCUT2D eigenvalue weighted by Crippen LogP contribution is -2.36. The lowest BCUT2D eigenvalue weighted by Gasteiger charge is -2.07. The second kappa shape index (κ2) is 8.68. The van der Waals surface area contributed by atoms with Gasteiger partial charge in [0.05, 0.1) is 6.54 Å². The fourth-order valence-corrected chi connectivity index (χ4v) is 2.08. The van der Waals surface area contributed by atoms with Gasteiger partial charge in [0.1, 0.15) is 5.82 Å². The number of aryl methyl sites for hydroxylation is 1. The van der Waals surface area contributed by atoms with E-state index in [-0.39, 0.29) is 30.6 Å². The summed E-state index contributed by atoms with van der Waals surface area (Å²) in [5.41, 5.74) is 1.49. The van der Waals surface area contributed by atoms with Crippen LogP contribution < -0.4 is 10.6 Å². The van der Waals surface area contributed by atoms with Crippen LogP contribution in [0.15, 0.2) is 54.6 Å². The maximum atomic E-state index is 13.4. The zero-order valence-electron chi connectivity index (χ0n) is 12.7. The summed E-state index contributed by atoms with van der Waals surface area (Å²) in [5.74, 6) is -0.850. The highest BCUT2D eigenvalue weighted by Crippen LogP contribution is 2.08. The molecule has 2 aromatic rings. The van der Waals surface area contributed by atoms with Crippen LogP contribution in [0.3, 0.4) is 0 Å². The Balaban J connectivity index is 1.66. The van der Waals surface area contributed by atoms with E-state index >= 15 is 0 Å². The van der Waals surface area contributed by atoms with Crippen molar-refractivity contribution in [3.05, 3.63) is 71.5 Å². The van der Waals surface area contributed by atoms with Crippen LogP contribution in [0.1, 0.15) is 17.5 Å². The van der Waals surface area contributed by atoms with Crippen LogP contribution in [0, 0.1) is 5.82 Å². The van der Waals surface area contributed by atoms with Gasteiger partial charge in [0.2, 0.25) is 11.8 Å². The van der Waals surface area contributed by atoms with Crippen LogP contribution in [0.2, 0.25) is 0 Å². The van der Waals surface area contributed by atoms with Gasteiger partial charge < -0.3 is 10.6 Å². The summed E-state index contributed by atoms with van der Waals surface area (Å²) in [4.78, 5) is 23.4. The first-order valence-corrected chi connectivity index (χ1v) is 7.46. The standard InChI is InChI=1S/C18H19FN2O2/c19-16-9-5-4-8-15(16)10-11-17(22)21-13-18(23)20-12-14-6-2-1-3-7-14/h1-9H,10-13H2,(H,20,23)(H,21,22). The van der Waals surface area contributed by atoms with Crippen molar-refractivity contribution in [2.45, 2.75) is 19.4 Å². The van der Waals surface area contributed by atoms with Crippen LogP contribution >= 0.6 is 0 Å². The van der Waals surface area contributed by atoms with E-state index < -0.39 is 0 Å². The summed E-state index contributed by atoms with van der Waals surface area (Å²) in [7, 11) is 0. The molecule has 0 radical (unpaired) electrons. The Bertz CT molecular complexity index is 659. The second-order valence-electron chi connectivity index (χ2n) is 5.13. The molecule has 0 unspecified atom stereocenters. The van der Waals surface area contributed by atoms with Crippen molar-refractivity contribution < 1.29 is 14.0 Å². The number of rotatable bonds is 7. The highest BCUT2D eigenvalue weighted by molar-refractivity contribution is 5.84. The van der Waals surface area contributed by atoms with E-state index in [0.29, 0.717) is 18.5 Å². The van der Waals surface area contributed by atoms with Crippen molar-refractivity contribution in [2.75, 3.05) is 6.54 Å². The predicted octanol–water partition coefficient (Wildman–Crippen LogP) is 2.19. The third-order valence-electron chi connectivity index (χ3n) is 3.36. The molecule has 2 N–H and O–H groups in total. The fourth-order valence-electron chi connectivity index (χ4n) is 2.08. The largest absolute Gasteiger partial charge is 0.350 e. The zero-order valence-corrected chi connectivity index (χ0v) is 12.7. The Morgan fingerprint density at radius 1 is 0.870 bits per heavy atom. The molecule has 2 rings (SSSR count). The molecule has 0 saturated carbocycles. The SMILES string of the molecule is O=C(CCc1ccccc1F)NCC(=O)NCc1ccccc1. The number of amides is 2. The molecule has 2 aromatic carbocycles. The molecule has 0 aromatic heterocycles. The number of carbonyl (C=O) groups excluding carboxylic acids is 2. The molecule has 0 bridgehead atoms. The number of hydrogen-bond acceptors (Lipinski definition) is 2. The highest BCUT2D eigenvalue weighted by atomic mass is 19.1. The van der Waals surface area contributed by atoms with E-state index in [4.69, 9.17) is 0 Å². The van der Waals surface area contributed by atoms with E-state index in [1.165, 1.54) is 6.07 Å². The van der Waals surface area contributed by atoms with Crippen molar-refractivity contribution in [1.29, 1.82) is 0 Å². The zero-order chi connectivity index (χ0) is 16.5. The maximum absolute atomic E-state index is 13.4. The molecule has 0 saturated heterocycles. The van der Waals surface area contributed by atoms with Crippen molar-refractivity contribution in [1.82, 2.24) is 10.6 Å². The average Bonchev–Trinajstić information content (AvgIpc) is 2.58. The molecule has 0 aliphatic rings. The Morgan fingerprint density at radius 2 is 1.57 bits per heavy atom. The maximum Gasteiger partial charge on any atom is 0.239 e. The Labute approximate surface area is 134 Å². The van der Waals surface area contributed by atoms with Gasteiger partial charge in [0, 0.05) is 13.0 Å². The first-order chi connectivity index (χ1) is 11.1. The molecule has 0 fully saturated rings. The van der Waals surface area contributed by atoms with E-state index in [9.17, 15) is 14.0 Å². The van der Waals surface area contributed by atoms with Crippen molar-refractivity contribution in [3.63, 3.8) is 0 Å². The van der Waals surface area contributed by atoms with Gasteiger partial charge in [-0.05, 0) is 23.6 Å². The topological polar surface area (TPSA) is 58.2 Å². The number of hydrogen-bond donors (Lipinski definition) is 2. The molecule has 0 spiro atoms. The Morgan fingerprint density at radius 3 is 2.30 bits per heavy atom. The molecule has 120 valence electrons. The molecular weight excluding hydrogens is 295 g/mol. The lowest BCUT2D eigenvalue weighted by molar-refractivity contribution is -0.126. The fraction of sp³-hybridized carbons (Fsp3) is 0.222. The summed E-state index contributed by atoms with van der Waals surface area (Å²) in [5, 5.41) is 5.26. The summed E-state index contributed by atoms with van der Waals surface area (Å²) in [6, 6.07) is 15.9. The summed E-state index contributed by atoms with van der Waals surface area (Å²) < 4.78 is 13.4. The second-order valence-corrected chi connectivity index (χ2v) is 5.13. The van der Waals surface area contributed by atoms with Crippen LogP contribution in [0.25, 0.3) is 0 Å². The first kappa shape index (κ1) is 16.7. The number of carbonyl (C=O) groups is 2. The van der Waals surface area contributed by atoms with Crippen LogP contribution in [0.5, 0.6) is 0 Å². The quantitative estimate of drug-likeness (QED) is 0.823. The summed E-state index contributed by atoms with van der Waals surface area (Å²) >= 11 is 0. The van der Waals surface area contributed by atoms with E-state index in [2.05, 4.69) is 10.6 Å². The molecule has 0 aliphatic carbocycles. The summed E-state index contributed by atoms with van der Waals surface area (Å²) in [6.07, 6.45) is 0.455. The van der Waals surface area contributed by atoms with Crippen molar-refractivity contribution in [3.8, 4) is 0 Å². The van der Waals surface area contributed by atoms with Gasteiger partial charge in [-0.25, -0.2) is 4.39 Å². The smallest absolute Gasteiger partial charge is 0.239 e. The molecule has 0 aliphatic heterocycles. The van der Waals surface area contributed by atoms with Crippen LogP contribution in [0.4, 0.5) is 4.39 Å². The lowest BCUT2D eigenvalue weighted by atomic mass is 10.1. The van der Waals surface area contributed by atoms with Gasteiger partial charge in [-0.3, -0.25) is 9.59 Å². The molecule has 0 heterocycles. The Kier molecular flexibility index (Phi) is 6.29. The monoisotopic (exact) mass is 314 g/mol. The van der Waals surface area contributed by atoms with Gasteiger partial charge in [-0.15, -0.1) is 0 Å². The van der Waals surface area contributed by atoms with Gasteiger partial charge in [-0.1, -0.05) is 48.5 Å². The molecule has 23 heavy (non-hydrogen) atoms. The third-order valence-corrected chi connectivity index (χ3v) is 3.36. The molecular formula is C18H19FN2O2. The van der Waals surface area contributed by atoms with Gasteiger partial charge >= 0.3 is 0 Å². The Hall–Kier alpha value is -2.69. The van der Waals surface area contributed by atoms with Crippen LogP contribution in [-0.2, 0) is 22.6 Å². The molecule has 5 heteroatoms. The van der Waals surface area contributed by atoms with E-state index in [1.54, 1.807) is 18.2 Å². The minimum absolute atomic E-state index is 0.0804. The van der Waals surface area contributed by atoms with E-state index in [0.717, 1.165) is 5.56 Å². The molecule has 0 atom stereocenters. The van der Waals surface area contributed by atoms with Crippen molar-refractivity contribution >= 4 is 11.8 Å². The summed E-state index contributed by atoms with van der Waals surface area (Å²) in [6.45, 7) is 0.341. The highest BCUT2D eigenvalue weighted by Gasteiger charge is 2.07. The molecule has 4 nitrogen and oxygen atoms in total. The number of benzene rings is 2. The third kappa shape index (κ3) is 5.90. The first-order valence-electron chi connectivity index (χ1n) is 7.46. The average molecular weight is 314 g/mol. The minimum Gasteiger partial charge on any atom is -0.350 e. The number of halogens is 1. The van der Waals surface area contributed by atoms with E-state index in [1.807, 2.05) is 30.3 Å².